The Labute approximate surface area is 128 Å². The third-order valence-electron chi connectivity index (χ3n) is 4.70. The molecule has 1 aliphatic carbocycles. The molecule has 20 heavy (non-hydrogen) atoms. The summed E-state index contributed by atoms with van der Waals surface area (Å²) in [7, 11) is 0. The Kier molecular flexibility index (Phi) is 4.13. The van der Waals surface area contributed by atoms with E-state index in [1.165, 1.54) is 17.5 Å². The van der Waals surface area contributed by atoms with Gasteiger partial charge in [0, 0.05) is 16.9 Å². The molecule has 1 aromatic rings. The molecule has 3 nitrogen and oxygen atoms in total. The van der Waals surface area contributed by atoms with Crippen molar-refractivity contribution in [1.29, 1.82) is 0 Å². The molecule has 0 amide bonds. The molecule has 0 spiro atoms. The van der Waals surface area contributed by atoms with Crippen molar-refractivity contribution in [2.75, 3.05) is 13.1 Å². The van der Waals surface area contributed by atoms with E-state index in [1.54, 1.807) is 0 Å². The number of likely N-dealkylation sites (tertiary alicyclic amines) is 1. The second-order valence-electron chi connectivity index (χ2n) is 5.97. The number of benzene rings is 1. The van der Waals surface area contributed by atoms with Crippen LogP contribution in [0.15, 0.2) is 22.7 Å². The van der Waals surface area contributed by atoms with Gasteiger partial charge >= 0.3 is 5.97 Å². The standard InChI is InChI=1S/C16H20BrNO2/c17-13-2-3-14-12(10-13)1-4-15(14)18-7-5-11(6-8-18)9-16(19)20/h2-3,10-11,15H,1,4-9H2,(H,19,20). The van der Waals surface area contributed by atoms with Gasteiger partial charge in [0.15, 0.2) is 0 Å². The van der Waals surface area contributed by atoms with Gasteiger partial charge in [0.2, 0.25) is 0 Å². The first-order valence-corrected chi connectivity index (χ1v) is 8.17. The number of nitrogens with zero attached hydrogens (tertiary/aromatic N) is 1. The van der Waals surface area contributed by atoms with Crippen LogP contribution in [0.2, 0.25) is 0 Å². The van der Waals surface area contributed by atoms with Crippen molar-refractivity contribution in [1.82, 2.24) is 4.90 Å². The van der Waals surface area contributed by atoms with Gasteiger partial charge in [-0.15, -0.1) is 0 Å². The first-order valence-electron chi connectivity index (χ1n) is 7.37. The molecule has 0 radical (unpaired) electrons. The molecule has 1 N–H and O–H groups in total. The summed E-state index contributed by atoms with van der Waals surface area (Å²) in [5.41, 5.74) is 2.95. The highest BCUT2D eigenvalue weighted by atomic mass is 79.9. The van der Waals surface area contributed by atoms with Crippen LogP contribution in [-0.4, -0.2) is 29.1 Å². The van der Waals surface area contributed by atoms with Gasteiger partial charge < -0.3 is 5.11 Å². The molecule has 1 heterocycles. The van der Waals surface area contributed by atoms with Crippen LogP contribution in [0.5, 0.6) is 0 Å². The molecule has 1 aromatic carbocycles. The zero-order valence-electron chi connectivity index (χ0n) is 11.5. The number of hydrogen-bond donors (Lipinski definition) is 1. The molecule has 1 fully saturated rings. The van der Waals surface area contributed by atoms with Gasteiger partial charge in [0.25, 0.3) is 0 Å². The Hall–Kier alpha value is -0.870. The minimum atomic E-state index is -0.653. The molecule has 0 bridgehead atoms. The lowest BCUT2D eigenvalue weighted by Gasteiger charge is -2.36. The second kappa shape index (κ2) is 5.86. The SMILES string of the molecule is O=C(O)CC1CCN(C2CCc3cc(Br)ccc32)CC1. The first-order chi connectivity index (χ1) is 9.63. The van der Waals surface area contributed by atoms with Crippen LogP contribution in [0, 0.1) is 5.92 Å². The Balaban J connectivity index is 1.64. The molecule has 1 unspecified atom stereocenters. The summed E-state index contributed by atoms with van der Waals surface area (Å²) in [6.45, 7) is 2.08. The van der Waals surface area contributed by atoms with E-state index in [0.29, 0.717) is 18.4 Å². The number of piperidine rings is 1. The summed E-state index contributed by atoms with van der Waals surface area (Å²) < 4.78 is 1.16. The highest BCUT2D eigenvalue weighted by Gasteiger charge is 2.31. The van der Waals surface area contributed by atoms with Crippen LogP contribution in [0.3, 0.4) is 0 Å². The fourth-order valence-corrected chi connectivity index (χ4v) is 4.07. The van der Waals surface area contributed by atoms with Crippen molar-refractivity contribution in [3.63, 3.8) is 0 Å². The molecule has 2 aliphatic rings. The van der Waals surface area contributed by atoms with E-state index in [-0.39, 0.29) is 0 Å². The molecule has 1 aliphatic heterocycles. The van der Waals surface area contributed by atoms with Gasteiger partial charge in [-0.1, -0.05) is 22.0 Å². The minimum absolute atomic E-state index is 0.335. The minimum Gasteiger partial charge on any atom is -0.481 e. The highest BCUT2D eigenvalue weighted by molar-refractivity contribution is 9.10. The number of aliphatic carboxylic acids is 1. The lowest BCUT2D eigenvalue weighted by Crippen LogP contribution is -2.36. The number of carboxylic acid groups (broad SMARTS) is 1. The predicted octanol–water partition coefficient (Wildman–Crippen LogP) is 3.62. The average molecular weight is 338 g/mol. The molecule has 108 valence electrons. The number of carboxylic acids is 1. The number of carbonyl (C=O) groups is 1. The van der Waals surface area contributed by atoms with Crippen molar-refractivity contribution < 1.29 is 9.90 Å². The largest absolute Gasteiger partial charge is 0.481 e. The van der Waals surface area contributed by atoms with Crippen molar-refractivity contribution in [3.05, 3.63) is 33.8 Å². The fraction of sp³-hybridized carbons (Fsp3) is 0.562. The number of aryl methyl sites for hydroxylation is 1. The van der Waals surface area contributed by atoms with E-state index in [4.69, 9.17) is 5.11 Å². The average Bonchev–Trinajstić information content (AvgIpc) is 2.82. The lowest BCUT2D eigenvalue weighted by atomic mass is 9.92. The summed E-state index contributed by atoms with van der Waals surface area (Å²) in [6, 6.07) is 7.17. The number of halogens is 1. The van der Waals surface area contributed by atoms with Crippen molar-refractivity contribution in [2.24, 2.45) is 5.92 Å². The third-order valence-corrected chi connectivity index (χ3v) is 5.20. The molecule has 0 aromatic heterocycles. The van der Waals surface area contributed by atoms with Crippen LogP contribution >= 0.6 is 15.9 Å². The lowest BCUT2D eigenvalue weighted by molar-refractivity contribution is -0.138. The predicted molar refractivity (Wildman–Crippen MR) is 81.8 cm³/mol. The van der Waals surface area contributed by atoms with Crippen LogP contribution in [0.25, 0.3) is 0 Å². The maximum Gasteiger partial charge on any atom is 0.303 e. The van der Waals surface area contributed by atoms with Crippen LogP contribution in [0.4, 0.5) is 0 Å². The quantitative estimate of drug-likeness (QED) is 0.915. The van der Waals surface area contributed by atoms with E-state index < -0.39 is 5.97 Å². The first kappa shape index (κ1) is 14.1. The van der Waals surface area contributed by atoms with Crippen LogP contribution in [-0.2, 0) is 11.2 Å². The summed E-state index contributed by atoms with van der Waals surface area (Å²) in [5, 5.41) is 8.88. The Morgan fingerprint density at radius 2 is 2.05 bits per heavy atom. The van der Waals surface area contributed by atoms with Gasteiger partial charge in [-0.2, -0.15) is 0 Å². The van der Waals surface area contributed by atoms with Crippen LogP contribution < -0.4 is 0 Å². The molecular weight excluding hydrogens is 318 g/mol. The van der Waals surface area contributed by atoms with Crippen molar-refractivity contribution >= 4 is 21.9 Å². The highest BCUT2D eigenvalue weighted by Crippen LogP contribution is 2.39. The van der Waals surface area contributed by atoms with Gasteiger partial charge in [-0.3, -0.25) is 9.69 Å². The van der Waals surface area contributed by atoms with Gasteiger partial charge in [-0.05, 0) is 68.0 Å². The zero-order chi connectivity index (χ0) is 14.1. The summed E-state index contributed by atoms with van der Waals surface area (Å²) in [5.74, 6) is -0.283. The Bertz CT molecular complexity index is 509. The van der Waals surface area contributed by atoms with E-state index in [0.717, 1.165) is 36.8 Å². The molecule has 0 saturated carbocycles. The normalized spacial score (nSPS) is 23.8. The van der Waals surface area contributed by atoms with Crippen molar-refractivity contribution in [3.8, 4) is 0 Å². The maximum absolute atomic E-state index is 10.8. The Morgan fingerprint density at radius 3 is 2.75 bits per heavy atom. The zero-order valence-corrected chi connectivity index (χ0v) is 13.1. The number of hydrogen-bond acceptors (Lipinski definition) is 2. The molecular formula is C16H20BrNO2. The summed E-state index contributed by atoms with van der Waals surface area (Å²) in [6.07, 6.45) is 4.75. The van der Waals surface area contributed by atoms with Gasteiger partial charge in [0.05, 0.1) is 0 Å². The van der Waals surface area contributed by atoms with E-state index >= 15 is 0 Å². The maximum atomic E-state index is 10.8. The number of rotatable bonds is 3. The van der Waals surface area contributed by atoms with Gasteiger partial charge in [0.1, 0.15) is 0 Å². The molecule has 4 heteroatoms. The number of fused-ring (bicyclic) bond motifs is 1. The van der Waals surface area contributed by atoms with E-state index in [9.17, 15) is 4.79 Å². The smallest absolute Gasteiger partial charge is 0.303 e. The second-order valence-corrected chi connectivity index (χ2v) is 6.89. The van der Waals surface area contributed by atoms with Crippen molar-refractivity contribution in [2.45, 2.75) is 38.1 Å². The fourth-order valence-electron chi connectivity index (χ4n) is 3.66. The Morgan fingerprint density at radius 1 is 1.30 bits per heavy atom. The summed E-state index contributed by atoms with van der Waals surface area (Å²) in [4.78, 5) is 13.3. The summed E-state index contributed by atoms with van der Waals surface area (Å²) >= 11 is 3.54. The van der Waals surface area contributed by atoms with E-state index in [2.05, 4.69) is 39.0 Å². The topological polar surface area (TPSA) is 40.5 Å². The molecule has 1 atom stereocenters. The molecule has 1 saturated heterocycles. The van der Waals surface area contributed by atoms with Crippen LogP contribution in [0.1, 0.15) is 42.9 Å². The molecule has 3 rings (SSSR count). The van der Waals surface area contributed by atoms with E-state index in [1.807, 2.05) is 0 Å². The monoisotopic (exact) mass is 337 g/mol. The third kappa shape index (κ3) is 2.91. The van der Waals surface area contributed by atoms with Gasteiger partial charge in [-0.25, -0.2) is 0 Å².